The van der Waals surface area contributed by atoms with Crippen molar-refractivity contribution in [2.45, 2.75) is 18.2 Å². The molecular weight excluding hydrogens is 305 g/mol. The van der Waals surface area contributed by atoms with Crippen molar-refractivity contribution in [1.82, 2.24) is 0 Å². The molecule has 0 saturated heterocycles. The summed E-state index contributed by atoms with van der Waals surface area (Å²) < 4.78 is 51.6. The van der Waals surface area contributed by atoms with Crippen molar-refractivity contribution in [2.75, 3.05) is 21.3 Å². The molecule has 5 nitrogen and oxygen atoms in total. The lowest BCUT2D eigenvalue weighted by Crippen LogP contribution is -2.51. The van der Waals surface area contributed by atoms with Gasteiger partial charge in [0.05, 0.1) is 19.8 Å². The van der Waals surface area contributed by atoms with E-state index < -0.39 is 29.3 Å². The summed E-state index contributed by atoms with van der Waals surface area (Å²) >= 11 is 0. The molecule has 0 saturated carbocycles. The van der Waals surface area contributed by atoms with Crippen molar-refractivity contribution < 1.29 is 37.0 Å². The van der Waals surface area contributed by atoms with Crippen LogP contribution < -0.4 is 0 Å². The van der Waals surface area contributed by atoms with Crippen LogP contribution in [0.5, 0.6) is 0 Å². The zero-order valence-electron chi connectivity index (χ0n) is 12.2. The number of esters is 2. The van der Waals surface area contributed by atoms with Crippen LogP contribution in [0, 0.1) is 0 Å². The van der Waals surface area contributed by atoms with Crippen LogP contribution in [0.15, 0.2) is 24.3 Å². The van der Waals surface area contributed by atoms with Gasteiger partial charge in [-0.25, -0.2) is 9.59 Å². The summed E-state index contributed by atoms with van der Waals surface area (Å²) in [5.74, 6) is -2.00. The number of hydrogen-bond donors (Lipinski definition) is 0. The molecule has 8 heteroatoms. The van der Waals surface area contributed by atoms with E-state index in [1.807, 2.05) is 0 Å². The van der Waals surface area contributed by atoms with Gasteiger partial charge in [0, 0.05) is 13.5 Å². The number of carbonyl (C=O) groups is 2. The lowest BCUT2D eigenvalue weighted by Gasteiger charge is -2.26. The number of rotatable bonds is 5. The quantitative estimate of drug-likeness (QED) is 0.613. The normalized spacial score (nSPS) is 11.9. The molecule has 0 atom stereocenters. The van der Waals surface area contributed by atoms with E-state index in [-0.39, 0.29) is 12.0 Å². The van der Waals surface area contributed by atoms with Gasteiger partial charge in [0.1, 0.15) is 0 Å². The molecule has 0 fully saturated rings. The minimum Gasteiger partial charge on any atom is -0.466 e. The number of ether oxygens (including phenoxy) is 3. The maximum Gasteiger partial charge on any atom is 0.416 e. The molecule has 1 rings (SSSR count). The Morgan fingerprint density at radius 1 is 0.955 bits per heavy atom. The van der Waals surface area contributed by atoms with E-state index in [2.05, 4.69) is 9.47 Å². The minimum atomic E-state index is -4.47. The fourth-order valence-corrected chi connectivity index (χ4v) is 1.90. The topological polar surface area (TPSA) is 61.8 Å². The van der Waals surface area contributed by atoms with Gasteiger partial charge in [-0.2, -0.15) is 13.2 Å². The van der Waals surface area contributed by atoms with E-state index in [4.69, 9.17) is 4.74 Å². The zero-order valence-corrected chi connectivity index (χ0v) is 12.2. The summed E-state index contributed by atoms with van der Waals surface area (Å²) in [7, 11) is 3.23. The molecule has 0 heterocycles. The molecule has 0 N–H and O–H groups in total. The van der Waals surface area contributed by atoms with Crippen LogP contribution in [0.3, 0.4) is 0 Å². The SMILES string of the molecule is COC(=O)C(Cc1ccc(C(F)(F)F)cc1)(OC)C(=O)OC. The highest BCUT2D eigenvalue weighted by Gasteiger charge is 2.49. The summed E-state index contributed by atoms with van der Waals surface area (Å²) in [6.45, 7) is 0. The third-order valence-electron chi connectivity index (χ3n) is 3.11. The van der Waals surface area contributed by atoms with E-state index in [0.717, 1.165) is 45.6 Å². The summed E-state index contributed by atoms with van der Waals surface area (Å²) in [6.07, 6.45) is -4.79. The maximum absolute atomic E-state index is 12.5. The van der Waals surface area contributed by atoms with Crippen molar-refractivity contribution in [3.63, 3.8) is 0 Å². The third-order valence-corrected chi connectivity index (χ3v) is 3.11. The molecule has 22 heavy (non-hydrogen) atoms. The summed E-state index contributed by atoms with van der Waals surface area (Å²) in [4.78, 5) is 23.7. The van der Waals surface area contributed by atoms with Crippen molar-refractivity contribution in [1.29, 1.82) is 0 Å². The first-order chi connectivity index (χ1) is 10.2. The lowest BCUT2D eigenvalue weighted by molar-refractivity contribution is -0.184. The van der Waals surface area contributed by atoms with Crippen molar-refractivity contribution in [2.24, 2.45) is 0 Å². The van der Waals surface area contributed by atoms with Gasteiger partial charge in [0.25, 0.3) is 5.60 Å². The van der Waals surface area contributed by atoms with Gasteiger partial charge >= 0.3 is 18.1 Å². The summed E-state index contributed by atoms with van der Waals surface area (Å²) in [5, 5.41) is 0. The number of alkyl halides is 3. The molecule has 0 amide bonds. The van der Waals surface area contributed by atoms with Gasteiger partial charge in [0.2, 0.25) is 0 Å². The molecule has 0 aliphatic heterocycles. The fourth-order valence-electron chi connectivity index (χ4n) is 1.90. The average molecular weight is 320 g/mol. The number of hydrogen-bond acceptors (Lipinski definition) is 5. The minimum absolute atomic E-state index is 0.283. The third kappa shape index (κ3) is 3.56. The molecule has 1 aromatic carbocycles. The Kier molecular flexibility index (Phi) is 5.54. The zero-order chi connectivity index (χ0) is 17.0. The van der Waals surface area contributed by atoms with Crippen molar-refractivity contribution >= 4 is 11.9 Å². The largest absolute Gasteiger partial charge is 0.466 e. The monoisotopic (exact) mass is 320 g/mol. The van der Waals surface area contributed by atoms with Crippen LogP contribution in [0.25, 0.3) is 0 Å². The number of carbonyl (C=O) groups excluding carboxylic acids is 2. The van der Waals surface area contributed by atoms with E-state index >= 15 is 0 Å². The Morgan fingerprint density at radius 3 is 1.73 bits per heavy atom. The second-order valence-corrected chi connectivity index (χ2v) is 4.39. The molecule has 0 aliphatic rings. The predicted octanol–water partition coefficient (Wildman–Crippen LogP) is 1.98. The smallest absolute Gasteiger partial charge is 0.416 e. The van der Waals surface area contributed by atoms with Crippen LogP contribution in [0.1, 0.15) is 11.1 Å². The van der Waals surface area contributed by atoms with Crippen LogP contribution in [-0.2, 0) is 36.4 Å². The van der Waals surface area contributed by atoms with E-state index in [1.54, 1.807) is 0 Å². The lowest BCUT2D eigenvalue weighted by atomic mass is 9.93. The molecule has 0 aliphatic carbocycles. The van der Waals surface area contributed by atoms with Crippen LogP contribution in [0.4, 0.5) is 13.2 Å². The highest BCUT2D eigenvalue weighted by molar-refractivity contribution is 6.04. The molecule has 0 spiro atoms. The number of halogens is 3. The van der Waals surface area contributed by atoms with Gasteiger partial charge in [-0.05, 0) is 17.7 Å². The van der Waals surface area contributed by atoms with Crippen LogP contribution in [-0.4, -0.2) is 38.9 Å². The molecule has 0 bridgehead atoms. The van der Waals surface area contributed by atoms with E-state index in [0.29, 0.717) is 0 Å². The summed E-state index contributed by atoms with van der Waals surface area (Å²) in [6, 6.07) is 4.01. The highest BCUT2D eigenvalue weighted by atomic mass is 19.4. The first-order valence-corrected chi connectivity index (χ1v) is 6.09. The van der Waals surface area contributed by atoms with Gasteiger partial charge in [-0.15, -0.1) is 0 Å². The average Bonchev–Trinajstić information content (AvgIpc) is 2.50. The van der Waals surface area contributed by atoms with Crippen molar-refractivity contribution in [3.05, 3.63) is 35.4 Å². The Hall–Kier alpha value is -2.09. The predicted molar refractivity (Wildman–Crippen MR) is 68.9 cm³/mol. The Labute approximate surface area is 125 Å². The fraction of sp³-hybridized carbons (Fsp3) is 0.429. The molecule has 0 radical (unpaired) electrons. The Morgan fingerprint density at radius 2 is 1.41 bits per heavy atom. The number of benzene rings is 1. The van der Waals surface area contributed by atoms with Gasteiger partial charge in [-0.3, -0.25) is 0 Å². The van der Waals surface area contributed by atoms with Gasteiger partial charge in [-0.1, -0.05) is 12.1 Å². The molecular formula is C14H15F3O5. The first-order valence-electron chi connectivity index (χ1n) is 6.09. The maximum atomic E-state index is 12.5. The van der Waals surface area contributed by atoms with Crippen molar-refractivity contribution in [3.8, 4) is 0 Å². The van der Waals surface area contributed by atoms with Crippen LogP contribution >= 0.6 is 0 Å². The standard InChI is InChI=1S/C14H15F3O5/c1-20-11(18)13(22-3,12(19)21-2)8-9-4-6-10(7-5-9)14(15,16)17/h4-7H,8H2,1-3H3. The Balaban J connectivity index is 3.15. The Bertz CT molecular complexity index is 520. The summed E-state index contributed by atoms with van der Waals surface area (Å²) in [5.41, 5.74) is -2.62. The second-order valence-electron chi connectivity index (χ2n) is 4.39. The molecule has 1 aromatic rings. The van der Waals surface area contributed by atoms with Crippen LogP contribution in [0.2, 0.25) is 0 Å². The number of methoxy groups -OCH3 is 3. The van der Waals surface area contributed by atoms with Gasteiger partial charge in [0.15, 0.2) is 0 Å². The second kappa shape index (κ2) is 6.78. The first kappa shape index (κ1) is 18.0. The molecule has 0 unspecified atom stereocenters. The highest BCUT2D eigenvalue weighted by Crippen LogP contribution is 2.30. The molecule has 122 valence electrons. The van der Waals surface area contributed by atoms with E-state index in [9.17, 15) is 22.8 Å². The van der Waals surface area contributed by atoms with E-state index in [1.165, 1.54) is 0 Å². The van der Waals surface area contributed by atoms with Gasteiger partial charge < -0.3 is 14.2 Å². The molecule has 0 aromatic heterocycles.